The molecule has 3 aromatic rings. The van der Waals surface area contributed by atoms with Crippen LogP contribution in [0.4, 0.5) is 5.82 Å². The van der Waals surface area contributed by atoms with Crippen molar-refractivity contribution >= 4 is 16.9 Å². The Kier molecular flexibility index (Phi) is 3.21. The highest BCUT2D eigenvalue weighted by Gasteiger charge is 2.15. The van der Waals surface area contributed by atoms with Gasteiger partial charge in [-0.15, -0.1) is 0 Å². The number of methoxy groups -OCH3 is 1. The van der Waals surface area contributed by atoms with E-state index >= 15 is 0 Å². The van der Waals surface area contributed by atoms with Crippen molar-refractivity contribution in [2.75, 3.05) is 12.8 Å². The minimum absolute atomic E-state index is 0.521. The Morgan fingerprint density at radius 3 is 2.67 bits per heavy atom. The average molecular weight is 283 g/mol. The summed E-state index contributed by atoms with van der Waals surface area (Å²) in [5.74, 6) is 1.13. The molecule has 2 N–H and O–H groups in total. The van der Waals surface area contributed by atoms with Gasteiger partial charge in [0.1, 0.15) is 17.8 Å². The predicted octanol–water partition coefficient (Wildman–Crippen LogP) is 2.08. The zero-order valence-electron chi connectivity index (χ0n) is 12.3. The first-order chi connectivity index (χ1) is 10.1. The Labute approximate surface area is 122 Å². The summed E-state index contributed by atoms with van der Waals surface area (Å²) in [6, 6.07) is 3.85. The molecule has 3 aromatic heterocycles. The van der Waals surface area contributed by atoms with Gasteiger partial charge in [0.25, 0.3) is 0 Å². The summed E-state index contributed by atoms with van der Waals surface area (Å²) in [7, 11) is 1.61. The minimum atomic E-state index is 0.521. The third-order valence-corrected chi connectivity index (χ3v) is 3.78. The number of nitrogens with zero attached hydrogens (tertiary/aromatic N) is 4. The standard InChI is InChI=1S/C15H17N5O/c1-9-10(2)20(15-13(9)14(16)18-8-19-15)7-11-4-5-12(21-3)17-6-11/h4-6,8H,7H2,1-3H3,(H2,16,18,19). The van der Waals surface area contributed by atoms with Gasteiger partial charge in [-0.3, -0.25) is 0 Å². The van der Waals surface area contributed by atoms with Crippen molar-refractivity contribution < 1.29 is 4.74 Å². The molecule has 6 nitrogen and oxygen atoms in total. The first-order valence-electron chi connectivity index (χ1n) is 6.66. The Morgan fingerprint density at radius 1 is 1.19 bits per heavy atom. The van der Waals surface area contributed by atoms with Gasteiger partial charge in [0.15, 0.2) is 0 Å². The fourth-order valence-electron chi connectivity index (χ4n) is 2.50. The van der Waals surface area contributed by atoms with Crippen molar-refractivity contribution in [2.45, 2.75) is 20.4 Å². The molecule has 0 unspecified atom stereocenters. The van der Waals surface area contributed by atoms with Crippen molar-refractivity contribution in [2.24, 2.45) is 0 Å². The number of hydrogen-bond donors (Lipinski definition) is 1. The van der Waals surface area contributed by atoms with Crippen LogP contribution in [0.25, 0.3) is 11.0 Å². The van der Waals surface area contributed by atoms with Crippen LogP contribution in [0.1, 0.15) is 16.8 Å². The fraction of sp³-hybridized carbons (Fsp3) is 0.267. The molecule has 0 aliphatic rings. The Morgan fingerprint density at radius 2 is 2.00 bits per heavy atom. The molecule has 0 saturated carbocycles. The zero-order chi connectivity index (χ0) is 15.0. The van der Waals surface area contributed by atoms with Crippen LogP contribution >= 0.6 is 0 Å². The summed E-state index contributed by atoms with van der Waals surface area (Å²) in [5, 5.41) is 0.927. The van der Waals surface area contributed by atoms with Crippen LogP contribution in [-0.2, 0) is 6.54 Å². The Balaban J connectivity index is 2.08. The molecule has 0 atom stereocenters. The second-order valence-corrected chi connectivity index (χ2v) is 4.96. The lowest BCUT2D eigenvalue weighted by molar-refractivity contribution is 0.397. The summed E-state index contributed by atoms with van der Waals surface area (Å²) < 4.78 is 7.21. The number of pyridine rings is 1. The number of ether oxygens (including phenoxy) is 1. The van der Waals surface area contributed by atoms with E-state index in [4.69, 9.17) is 10.5 Å². The van der Waals surface area contributed by atoms with Crippen LogP contribution in [0.5, 0.6) is 5.88 Å². The van der Waals surface area contributed by atoms with E-state index in [1.54, 1.807) is 7.11 Å². The quantitative estimate of drug-likeness (QED) is 0.796. The Bertz CT molecular complexity index is 792. The Hall–Kier alpha value is -2.63. The molecule has 6 heteroatoms. The maximum atomic E-state index is 5.98. The molecule has 21 heavy (non-hydrogen) atoms. The van der Waals surface area contributed by atoms with E-state index in [1.807, 2.05) is 25.3 Å². The second kappa shape index (κ2) is 5.05. The van der Waals surface area contributed by atoms with E-state index in [9.17, 15) is 0 Å². The molecule has 0 saturated heterocycles. The third-order valence-electron chi connectivity index (χ3n) is 3.78. The number of fused-ring (bicyclic) bond motifs is 1. The molecule has 0 radical (unpaired) electrons. The SMILES string of the molecule is COc1ccc(Cn2c(C)c(C)c3c(N)ncnc32)cn1. The minimum Gasteiger partial charge on any atom is -0.481 e. The van der Waals surface area contributed by atoms with Gasteiger partial charge in [-0.05, 0) is 25.0 Å². The van der Waals surface area contributed by atoms with Crippen molar-refractivity contribution in [1.29, 1.82) is 0 Å². The number of anilines is 1. The lowest BCUT2D eigenvalue weighted by Gasteiger charge is -2.08. The average Bonchev–Trinajstić information content (AvgIpc) is 2.74. The van der Waals surface area contributed by atoms with Crippen LogP contribution in [0.15, 0.2) is 24.7 Å². The van der Waals surface area contributed by atoms with E-state index in [0.717, 1.165) is 27.9 Å². The normalized spacial score (nSPS) is 11.0. The highest BCUT2D eigenvalue weighted by atomic mass is 16.5. The zero-order valence-corrected chi connectivity index (χ0v) is 12.3. The van der Waals surface area contributed by atoms with E-state index in [1.165, 1.54) is 6.33 Å². The van der Waals surface area contributed by atoms with Gasteiger partial charge in [-0.1, -0.05) is 6.07 Å². The summed E-state index contributed by atoms with van der Waals surface area (Å²) in [6.45, 7) is 4.79. The number of hydrogen-bond acceptors (Lipinski definition) is 5. The molecular formula is C15H17N5O. The van der Waals surface area contributed by atoms with Crippen molar-refractivity contribution in [3.8, 4) is 5.88 Å². The summed E-state index contributed by atoms with van der Waals surface area (Å²) in [6.07, 6.45) is 3.31. The van der Waals surface area contributed by atoms with Crippen LogP contribution < -0.4 is 10.5 Å². The van der Waals surface area contributed by atoms with Gasteiger partial charge in [0.05, 0.1) is 19.0 Å². The lowest BCUT2D eigenvalue weighted by Crippen LogP contribution is -2.04. The van der Waals surface area contributed by atoms with E-state index in [2.05, 4.69) is 26.4 Å². The molecule has 0 fully saturated rings. The van der Waals surface area contributed by atoms with Gasteiger partial charge in [0.2, 0.25) is 5.88 Å². The highest BCUT2D eigenvalue weighted by Crippen LogP contribution is 2.27. The topological polar surface area (TPSA) is 78.9 Å². The van der Waals surface area contributed by atoms with Gasteiger partial charge in [0, 0.05) is 18.0 Å². The molecule has 0 aliphatic carbocycles. The van der Waals surface area contributed by atoms with E-state index in [0.29, 0.717) is 18.2 Å². The molecule has 108 valence electrons. The molecular weight excluding hydrogens is 266 g/mol. The van der Waals surface area contributed by atoms with E-state index in [-0.39, 0.29) is 0 Å². The third kappa shape index (κ3) is 2.18. The monoisotopic (exact) mass is 283 g/mol. The second-order valence-electron chi connectivity index (χ2n) is 4.96. The number of nitrogen functional groups attached to an aromatic ring is 1. The van der Waals surface area contributed by atoms with Gasteiger partial charge < -0.3 is 15.0 Å². The van der Waals surface area contributed by atoms with Gasteiger partial charge >= 0.3 is 0 Å². The summed E-state index contributed by atoms with van der Waals surface area (Å²) in [5.41, 5.74) is 10.2. The van der Waals surface area contributed by atoms with Crippen LogP contribution in [0.2, 0.25) is 0 Å². The number of aromatic nitrogens is 4. The maximum Gasteiger partial charge on any atom is 0.212 e. The van der Waals surface area contributed by atoms with Crippen LogP contribution in [0.3, 0.4) is 0 Å². The number of nitrogens with two attached hydrogens (primary N) is 1. The van der Waals surface area contributed by atoms with Gasteiger partial charge in [-0.2, -0.15) is 0 Å². The fourth-order valence-corrected chi connectivity index (χ4v) is 2.50. The number of aryl methyl sites for hydroxylation is 1. The molecule has 0 bridgehead atoms. The molecule has 0 aliphatic heterocycles. The van der Waals surface area contributed by atoms with Crippen molar-refractivity contribution in [3.63, 3.8) is 0 Å². The molecule has 3 rings (SSSR count). The largest absolute Gasteiger partial charge is 0.481 e. The molecule has 3 heterocycles. The van der Waals surface area contributed by atoms with Gasteiger partial charge in [-0.25, -0.2) is 15.0 Å². The smallest absolute Gasteiger partial charge is 0.212 e. The lowest BCUT2D eigenvalue weighted by atomic mass is 10.2. The van der Waals surface area contributed by atoms with Crippen LogP contribution in [-0.4, -0.2) is 26.6 Å². The number of rotatable bonds is 3. The van der Waals surface area contributed by atoms with E-state index < -0.39 is 0 Å². The molecule has 0 aromatic carbocycles. The summed E-state index contributed by atoms with van der Waals surface area (Å²) >= 11 is 0. The molecule has 0 amide bonds. The molecule has 0 spiro atoms. The highest BCUT2D eigenvalue weighted by molar-refractivity contribution is 5.90. The van der Waals surface area contributed by atoms with Crippen LogP contribution in [0, 0.1) is 13.8 Å². The predicted molar refractivity (Wildman–Crippen MR) is 81.3 cm³/mol. The summed E-state index contributed by atoms with van der Waals surface area (Å²) in [4.78, 5) is 12.7. The first kappa shape index (κ1) is 13.4. The first-order valence-corrected chi connectivity index (χ1v) is 6.66. The maximum absolute atomic E-state index is 5.98. The van der Waals surface area contributed by atoms with Crippen molar-refractivity contribution in [3.05, 3.63) is 41.5 Å². The van der Waals surface area contributed by atoms with Crippen molar-refractivity contribution in [1.82, 2.24) is 19.5 Å².